The number of benzene rings is 2. The summed E-state index contributed by atoms with van der Waals surface area (Å²) in [6.45, 7) is 12.3. The minimum absolute atomic E-state index is 0.229. The Bertz CT molecular complexity index is 1950. The van der Waals surface area contributed by atoms with Gasteiger partial charge >= 0.3 is 18.2 Å². The van der Waals surface area contributed by atoms with E-state index in [0.717, 1.165) is 16.8 Å². The first kappa shape index (κ1) is 43.6. The van der Waals surface area contributed by atoms with Crippen molar-refractivity contribution in [2.75, 3.05) is 13.1 Å². The summed E-state index contributed by atoms with van der Waals surface area (Å²) < 4.78 is 13.4. The molecular formula is C34H43Cl3N12O7. The standard InChI is InChI=1S/C17H21ClN6O3.C9H15NO4.C8H7Cl2N5/c1-17(2,3)27-16(26)23-7-6-14(23)15(25)19-9-11-8-12(18)4-5-13(11)24-10-20-21-22-24;1-9(2,3)14-8(13)10-5-4-6(10)7(11)12;9-7-1-2-8(6(3-7)4-11-10)15-5-12-13-14-15/h4-5,8,10,14H,6-7,9H2,1-3H3,(H,19,25);6H,4-5H2,1-3H3,(H,11,12);1-3,5,11H,4H2/t14-;6-;/m00./s1. The summed E-state index contributed by atoms with van der Waals surface area (Å²) in [5.74, 6) is -1.21. The molecule has 2 aliphatic heterocycles. The predicted octanol–water partition coefficient (Wildman–Crippen LogP) is 4.58. The van der Waals surface area contributed by atoms with E-state index < -0.39 is 41.4 Å². The number of carboxylic acids is 1. The fraction of sp³-hybridized carbons (Fsp3) is 0.471. The maximum absolute atomic E-state index is 12.5. The van der Waals surface area contributed by atoms with Crippen LogP contribution in [0.3, 0.4) is 0 Å². The Balaban J connectivity index is 0.000000203. The Kier molecular flexibility index (Phi) is 14.9. The lowest BCUT2D eigenvalue weighted by Crippen LogP contribution is -2.59. The number of likely N-dealkylation sites (tertiary alicyclic amines) is 2. The number of amides is 3. The number of carbonyl (C=O) groups is 4. The molecule has 0 bridgehead atoms. The molecule has 0 aliphatic carbocycles. The SMILES string of the molecule is CC(C)(C)OC(=O)N1CC[C@H]1C(=O)NCc1cc(Cl)ccc1-n1cnnn1.CC(C)(C)OC(=O)N1CC[C@H]1C(=O)O.ClNCc1cc(Cl)ccc1-n1cnnn1. The molecule has 4 heterocycles. The first-order valence-corrected chi connectivity index (χ1v) is 18.4. The number of hydrogen-bond acceptors (Lipinski definition) is 13. The van der Waals surface area contributed by atoms with E-state index in [-0.39, 0.29) is 12.5 Å². The molecule has 2 aromatic carbocycles. The molecule has 2 aliphatic rings. The van der Waals surface area contributed by atoms with Gasteiger partial charge in [0.2, 0.25) is 5.91 Å². The quantitative estimate of drug-likeness (QED) is 0.207. The molecule has 56 heavy (non-hydrogen) atoms. The zero-order valence-electron chi connectivity index (χ0n) is 31.5. The monoisotopic (exact) mass is 836 g/mol. The number of aliphatic carboxylic acids is 1. The number of aromatic nitrogens is 8. The second-order valence-corrected chi connectivity index (χ2v) is 15.5. The number of hydrogen-bond donors (Lipinski definition) is 3. The third-order valence-corrected chi connectivity index (χ3v) is 8.47. The number of nitrogens with zero attached hydrogens (tertiary/aromatic N) is 10. The van der Waals surface area contributed by atoms with Crippen molar-refractivity contribution in [2.24, 2.45) is 0 Å². The highest BCUT2D eigenvalue weighted by molar-refractivity contribution is 6.31. The van der Waals surface area contributed by atoms with Crippen molar-refractivity contribution >= 4 is 59.0 Å². The van der Waals surface area contributed by atoms with E-state index in [0.29, 0.717) is 48.2 Å². The molecule has 0 spiro atoms. The molecule has 2 saturated heterocycles. The number of rotatable bonds is 8. The van der Waals surface area contributed by atoms with Crippen molar-refractivity contribution in [3.63, 3.8) is 0 Å². The van der Waals surface area contributed by atoms with Crippen molar-refractivity contribution < 1.29 is 33.8 Å². The van der Waals surface area contributed by atoms with Gasteiger partial charge in [0, 0.05) is 36.2 Å². The summed E-state index contributed by atoms with van der Waals surface area (Å²) in [6.07, 6.45) is 3.06. The van der Waals surface area contributed by atoms with Gasteiger partial charge in [-0.3, -0.25) is 14.6 Å². The normalized spacial score (nSPS) is 16.2. The number of halogens is 3. The van der Waals surface area contributed by atoms with Gasteiger partial charge in [-0.25, -0.2) is 28.6 Å². The average molecular weight is 838 g/mol. The van der Waals surface area contributed by atoms with E-state index >= 15 is 0 Å². The number of ether oxygens (including phenoxy) is 2. The molecule has 2 atom stereocenters. The Morgan fingerprint density at radius 3 is 1.55 bits per heavy atom. The van der Waals surface area contributed by atoms with Crippen LogP contribution in [-0.2, 0) is 32.2 Å². The van der Waals surface area contributed by atoms with E-state index in [1.54, 1.807) is 70.5 Å². The Labute approximate surface area is 337 Å². The van der Waals surface area contributed by atoms with Crippen molar-refractivity contribution in [3.8, 4) is 11.4 Å². The molecule has 0 unspecified atom stereocenters. The Morgan fingerprint density at radius 2 is 1.20 bits per heavy atom. The zero-order chi connectivity index (χ0) is 41.2. The van der Waals surface area contributed by atoms with E-state index in [4.69, 9.17) is 49.6 Å². The molecule has 302 valence electrons. The van der Waals surface area contributed by atoms with Crippen LogP contribution in [0.4, 0.5) is 9.59 Å². The van der Waals surface area contributed by atoms with Gasteiger partial charge in [0.1, 0.15) is 35.9 Å². The fourth-order valence-electron chi connectivity index (χ4n) is 5.14. The maximum Gasteiger partial charge on any atom is 0.411 e. The van der Waals surface area contributed by atoms with Gasteiger partial charge in [-0.2, -0.15) is 0 Å². The number of nitrogens with one attached hydrogen (secondary N) is 2. The lowest BCUT2D eigenvalue weighted by Gasteiger charge is -2.40. The van der Waals surface area contributed by atoms with Crippen LogP contribution >= 0.6 is 35.0 Å². The minimum atomic E-state index is -0.970. The highest BCUT2D eigenvalue weighted by Gasteiger charge is 2.40. The van der Waals surface area contributed by atoms with Gasteiger partial charge in [0.25, 0.3) is 0 Å². The van der Waals surface area contributed by atoms with Crippen LogP contribution in [0.5, 0.6) is 0 Å². The van der Waals surface area contributed by atoms with Gasteiger partial charge in [-0.05, 0) is 135 Å². The summed E-state index contributed by atoms with van der Waals surface area (Å²) in [4.78, 5) is 51.9. The van der Waals surface area contributed by atoms with E-state index in [9.17, 15) is 19.2 Å². The van der Waals surface area contributed by atoms with Gasteiger partial charge in [0.05, 0.1) is 11.4 Å². The molecule has 4 aromatic rings. The summed E-state index contributed by atoms with van der Waals surface area (Å²) >= 11 is 17.4. The third-order valence-electron chi connectivity index (χ3n) is 7.87. The summed E-state index contributed by atoms with van der Waals surface area (Å²) in [5.41, 5.74) is 2.06. The van der Waals surface area contributed by atoms with Crippen LogP contribution in [-0.4, -0.2) is 116 Å². The average Bonchev–Trinajstić information content (AvgIpc) is 3.77. The van der Waals surface area contributed by atoms with Crippen LogP contribution < -0.4 is 10.2 Å². The molecule has 0 saturated carbocycles. The maximum atomic E-state index is 12.5. The molecule has 3 amide bonds. The minimum Gasteiger partial charge on any atom is -0.480 e. The van der Waals surface area contributed by atoms with Gasteiger partial charge in [0.15, 0.2) is 0 Å². The van der Waals surface area contributed by atoms with Gasteiger partial charge in [-0.15, -0.1) is 10.2 Å². The second kappa shape index (κ2) is 19.2. The van der Waals surface area contributed by atoms with Crippen LogP contribution in [0.15, 0.2) is 49.1 Å². The Morgan fingerprint density at radius 1 is 0.750 bits per heavy atom. The molecule has 22 heteroatoms. The predicted molar refractivity (Wildman–Crippen MR) is 203 cm³/mol. The molecule has 19 nitrogen and oxygen atoms in total. The molecule has 0 radical (unpaired) electrons. The van der Waals surface area contributed by atoms with E-state index in [1.807, 2.05) is 12.1 Å². The first-order valence-electron chi connectivity index (χ1n) is 17.2. The third kappa shape index (κ3) is 12.5. The van der Waals surface area contributed by atoms with E-state index in [2.05, 4.69) is 41.2 Å². The van der Waals surface area contributed by atoms with Crippen LogP contribution in [0.25, 0.3) is 11.4 Å². The fourth-order valence-corrected chi connectivity index (χ4v) is 5.67. The van der Waals surface area contributed by atoms with E-state index in [1.165, 1.54) is 27.1 Å². The lowest BCUT2D eigenvalue weighted by atomic mass is 10.0. The number of carbonyl (C=O) groups excluding carboxylic acids is 3. The van der Waals surface area contributed by atoms with Crippen molar-refractivity contribution in [3.05, 3.63) is 70.2 Å². The summed E-state index contributed by atoms with van der Waals surface area (Å²) in [5, 5.41) is 34.8. The van der Waals surface area contributed by atoms with Crippen molar-refractivity contribution in [1.82, 2.24) is 60.4 Å². The molecule has 3 N–H and O–H groups in total. The Hall–Kier alpha value is -5.11. The number of carboxylic acid groups (broad SMARTS) is 1. The largest absolute Gasteiger partial charge is 0.480 e. The highest BCUT2D eigenvalue weighted by Crippen LogP contribution is 2.24. The lowest BCUT2D eigenvalue weighted by molar-refractivity contribution is -0.147. The molecule has 2 fully saturated rings. The van der Waals surface area contributed by atoms with Crippen LogP contribution in [0.1, 0.15) is 65.5 Å². The molecule has 2 aromatic heterocycles. The highest BCUT2D eigenvalue weighted by atomic mass is 35.5. The smallest absolute Gasteiger partial charge is 0.411 e. The molecule has 6 rings (SSSR count). The van der Waals surface area contributed by atoms with Gasteiger partial charge < -0.3 is 19.9 Å². The first-order chi connectivity index (χ1) is 26.4. The van der Waals surface area contributed by atoms with Crippen LogP contribution in [0.2, 0.25) is 10.0 Å². The van der Waals surface area contributed by atoms with Crippen LogP contribution in [0, 0.1) is 0 Å². The number of tetrazole rings is 2. The summed E-state index contributed by atoms with van der Waals surface area (Å²) in [7, 11) is 0. The zero-order valence-corrected chi connectivity index (χ0v) is 33.8. The summed E-state index contributed by atoms with van der Waals surface area (Å²) in [6, 6.07) is 9.43. The second-order valence-electron chi connectivity index (χ2n) is 14.4. The topological polar surface area (TPSA) is 225 Å². The van der Waals surface area contributed by atoms with Crippen molar-refractivity contribution in [1.29, 1.82) is 0 Å². The van der Waals surface area contributed by atoms with Crippen molar-refractivity contribution in [2.45, 2.75) is 90.8 Å². The molecular weight excluding hydrogens is 795 g/mol. The van der Waals surface area contributed by atoms with Gasteiger partial charge in [-0.1, -0.05) is 23.2 Å².